The van der Waals surface area contributed by atoms with Crippen LogP contribution in [-0.2, 0) is 14.8 Å². The second-order valence-electron chi connectivity index (χ2n) is 4.70. The van der Waals surface area contributed by atoms with Gasteiger partial charge in [0.25, 0.3) is 0 Å². The van der Waals surface area contributed by atoms with Gasteiger partial charge >= 0.3 is 0 Å². The van der Waals surface area contributed by atoms with Crippen molar-refractivity contribution in [3.8, 4) is 0 Å². The number of hydrogen-bond donors (Lipinski definition) is 3. The molecule has 1 fully saturated rings. The number of benzene rings is 1. The van der Waals surface area contributed by atoms with Crippen molar-refractivity contribution in [2.24, 2.45) is 0 Å². The van der Waals surface area contributed by atoms with Gasteiger partial charge in [0.05, 0.1) is 5.69 Å². The molecule has 0 aromatic heterocycles. The van der Waals surface area contributed by atoms with Crippen LogP contribution < -0.4 is 20.3 Å². The first-order valence-electron chi connectivity index (χ1n) is 6.73. The number of carbonyl (C=O) groups excluding carboxylic acids is 1. The van der Waals surface area contributed by atoms with E-state index in [4.69, 9.17) is 0 Å². The van der Waals surface area contributed by atoms with Crippen molar-refractivity contribution in [1.29, 1.82) is 0 Å². The lowest BCUT2D eigenvalue weighted by atomic mass is 10.1. The van der Waals surface area contributed by atoms with E-state index in [2.05, 4.69) is 15.4 Å². The number of nitrogens with one attached hydrogen (secondary N) is 3. The number of likely N-dealkylation sites (N-methyl/N-ethyl adjacent to an activating group) is 1. The smallest absolute Gasteiger partial charge is 0.243 e. The Morgan fingerprint density at radius 1 is 1.33 bits per heavy atom. The molecule has 2 rings (SSSR count). The van der Waals surface area contributed by atoms with Crippen LogP contribution >= 0.6 is 0 Å². The summed E-state index contributed by atoms with van der Waals surface area (Å²) < 4.78 is 26.6. The van der Waals surface area contributed by atoms with Crippen LogP contribution in [0.4, 0.5) is 5.69 Å². The molecule has 1 unspecified atom stereocenters. The number of hydrogen-bond acceptors (Lipinski definition) is 5. The van der Waals surface area contributed by atoms with Gasteiger partial charge in [-0.25, -0.2) is 13.1 Å². The minimum absolute atomic E-state index is 0.140. The van der Waals surface area contributed by atoms with Gasteiger partial charge in [-0.1, -0.05) is 12.1 Å². The molecule has 1 aromatic rings. The zero-order chi connectivity index (χ0) is 15.5. The van der Waals surface area contributed by atoms with Gasteiger partial charge in [0.1, 0.15) is 10.9 Å². The van der Waals surface area contributed by atoms with Crippen LogP contribution in [0.25, 0.3) is 0 Å². The Balaban J connectivity index is 2.47. The summed E-state index contributed by atoms with van der Waals surface area (Å²) in [6, 6.07) is 6.28. The highest BCUT2D eigenvalue weighted by atomic mass is 32.2. The van der Waals surface area contributed by atoms with Gasteiger partial charge in [-0.05, 0) is 19.2 Å². The SMILES string of the molecule is CNC(=O)C1CNCCN1c1ccccc1S(=O)(=O)NC. The van der Waals surface area contributed by atoms with E-state index >= 15 is 0 Å². The van der Waals surface area contributed by atoms with E-state index in [9.17, 15) is 13.2 Å². The van der Waals surface area contributed by atoms with Crippen molar-refractivity contribution >= 4 is 21.6 Å². The highest BCUT2D eigenvalue weighted by Gasteiger charge is 2.31. The third-order valence-electron chi connectivity index (χ3n) is 3.53. The fourth-order valence-electron chi connectivity index (χ4n) is 2.43. The first-order valence-corrected chi connectivity index (χ1v) is 8.21. The van der Waals surface area contributed by atoms with Crippen LogP contribution in [0.5, 0.6) is 0 Å². The molecule has 21 heavy (non-hydrogen) atoms. The third kappa shape index (κ3) is 3.17. The van der Waals surface area contributed by atoms with E-state index in [0.717, 1.165) is 0 Å². The number of anilines is 1. The summed E-state index contributed by atoms with van der Waals surface area (Å²) in [5.74, 6) is -0.140. The predicted molar refractivity (Wildman–Crippen MR) is 80.8 cm³/mol. The lowest BCUT2D eigenvalue weighted by molar-refractivity contribution is -0.122. The van der Waals surface area contributed by atoms with Crippen molar-refractivity contribution < 1.29 is 13.2 Å². The van der Waals surface area contributed by atoms with Crippen molar-refractivity contribution in [2.75, 3.05) is 38.6 Å². The van der Waals surface area contributed by atoms with E-state index in [0.29, 0.717) is 25.3 Å². The minimum atomic E-state index is -3.58. The molecule has 1 aromatic carbocycles. The maximum atomic E-state index is 12.2. The standard InChI is InChI=1S/C13H20N4O3S/c1-14-13(18)11-9-16-7-8-17(11)10-5-3-4-6-12(10)21(19,20)15-2/h3-6,11,15-16H,7-9H2,1-2H3,(H,14,18). The Hall–Kier alpha value is -1.64. The Kier molecular flexibility index (Phi) is 4.81. The van der Waals surface area contributed by atoms with Crippen molar-refractivity contribution in [1.82, 2.24) is 15.4 Å². The zero-order valence-corrected chi connectivity index (χ0v) is 12.9. The average Bonchev–Trinajstić information content (AvgIpc) is 2.54. The van der Waals surface area contributed by atoms with Gasteiger partial charge in [0.15, 0.2) is 0 Å². The van der Waals surface area contributed by atoms with Gasteiger partial charge in [-0.2, -0.15) is 0 Å². The fraction of sp³-hybridized carbons (Fsp3) is 0.462. The molecule has 1 atom stereocenters. The molecule has 1 aliphatic rings. The topological polar surface area (TPSA) is 90.5 Å². The Bertz CT molecular complexity index is 618. The first kappa shape index (κ1) is 15.7. The van der Waals surface area contributed by atoms with E-state index in [1.165, 1.54) is 7.05 Å². The van der Waals surface area contributed by atoms with Crippen molar-refractivity contribution in [3.63, 3.8) is 0 Å². The molecule has 7 nitrogen and oxygen atoms in total. The molecule has 8 heteroatoms. The quantitative estimate of drug-likeness (QED) is 0.672. The molecule has 116 valence electrons. The average molecular weight is 312 g/mol. The number of amides is 1. The Morgan fingerprint density at radius 3 is 2.71 bits per heavy atom. The number of nitrogens with zero attached hydrogens (tertiary/aromatic N) is 1. The fourth-order valence-corrected chi connectivity index (χ4v) is 3.36. The molecule has 1 amide bonds. The Morgan fingerprint density at radius 2 is 2.05 bits per heavy atom. The molecule has 1 saturated heterocycles. The Labute approximate surface area is 124 Å². The first-order chi connectivity index (χ1) is 10.0. The van der Waals surface area contributed by atoms with Gasteiger partial charge in [0.2, 0.25) is 15.9 Å². The molecule has 1 aliphatic heterocycles. The number of sulfonamides is 1. The molecule has 0 bridgehead atoms. The number of piperazine rings is 1. The van der Waals surface area contributed by atoms with E-state index < -0.39 is 16.1 Å². The van der Waals surface area contributed by atoms with Crippen LogP contribution in [0.1, 0.15) is 0 Å². The van der Waals surface area contributed by atoms with Crippen molar-refractivity contribution in [3.05, 3.63) is 24.3 Å². The summed E-state index contributed by atoms with van der Waals surface area (Å²) in [5.41, 5.74) is 0.543. The van der Waals surface area contributed by atoms with Crippen LogP contribution in [0, 0.1) is 0 Å². The van der Waals surface area contributed by atoms with Crippen LogP contribution in [0.3, 0.4) is 0 Å². The summed E-state index contributed by atoms with van der Waals surface area (Å²) in [7, 11) is -0.628. The number of para-hydroxylation sites is 1. The van der Waals surface area contributed by atoms with Gasteiger partial charge in [0, 0.05) is 26.7 Å². The van der Waals surface area contributed by atoms with Gasteiger partial charge in [-0.15, -0.1) is 0 Å². The molecule has 0 saturated carbocycles. The third-order valence-corrected chi connectivity index (χ3v) is 4.99. The summed E-state index contributed by atoms with van der Waals surface area (Å²) in [6.07, 6.45) is 0. The highest BCUT2D eigenvalue weighted by molar-refractivity contribution is 7.89. The number of rotatable bonds is 4. The summed E-state index contributed by atoms with van der Waals surface area (Å²) in [5, 5.41) is 5.78. The lowest BCUT2D eigenvalue weighted by Gasteiger charge is -2.37. The maximum absolute atomic E-state index is 12.2. The summed E-state index contributed by atoms with van der Waals surface area (Å²) >= 11 is 0. The summed E-state index contributed by atoms with van der Waals surface area (Å²) in [4.78, 5) is 14.0. The highest BCUT2D eigenvalue weighted by Crippen LogP contribution is 2.27. The number of carbonyl (C=O) groups is 1. The second-order valence-corrected chi connectivity index (χ2v) is 6.56. The van der Waals surface area contributed by atoms with Crippen LogP contribution in [0.15, 0.2) is 29.2 Å². The lowest BCUT2D eigenvalue weighted by Crippen LogP contribution is -2.58. The van der Waals surface area contributed by atoms with Gasteiger partial charge < -0.3 is 15.5 Å². The molecular formula is C13H20N4O3S. The molecule has 0 aliphatic carbocycles. The summed E-state index contributed by atoms with van der Waals surface area (Å²) in [6.45, 7) is 1.74. The van der Waals surface area contributed by atoms with Crippen LogP contribution in [-0.4, -0.2) is 54.1 Å². The van der Waals surface area contributed by atoms with Gasteiger partial charge in [-0.3, -0.25) is 4.79 Å². The molecular weight excluding hydrogens is 292 g/mol. The predicted octanol–water partition coefficient (Wildman–Crippen LogP) is -0.881. The molecule has 3 N–H and O–H groups in total. The minimum Gasteiger partial charge on any atom is -0.357 e. The molecule has 0 spiro atoms. The van der Waals surface area contributed by atoms with E-state index in [-0.39, 0.29) is 10.8 Å². The van der Waals surface area contributed by atoms with Crippen LogP contribution in [0.2, 0.25) is 0 Å². The van der Waals surface area contributed by atoms with E-state index in [1.54, 1.807) is 31.3 Å². The maximum Gasteiger partial charge on any atom is 0.243 e. The largest absolute Gasteiger partial charge is 0.357 e. The molecule has 0 radical (unpaired) electrons. The normalized spacial score (nSPS) is 19.3. The van der Waals surface area contributed by atoms with Crippen molar-refractivity contribution in [2.45, 2.75) is 10.9 Å². The molecule has 1 heterocycles. The van der Waals surface area contributed by atoms with E-state index in [1.807, 2.05) is 4.90 Å². The monoisotopic (exact) mass is 312 g/mol. The second kappa shape index (κ2) is 6.42. The zero-order valence-electron chi connectivity index (χ0n) is 12.1.